The zero-order valence-corrected chi connectivity index (χ0v) is 11.7. The second kappa shape index (κ2) is 6.96. The summed E-state index contributed by atoms with van der Waals surface area (Å²) in [6.07, 6.45) is 2.18. The first kappa shape index (κ1) is 14.4. The van der Waals surface area contributed by atoms with E-state index in [9.17, 15) is 0 Å². The first-order valence-electron chi connectivity index (χ1n) is 6.92. The molecule has 0 atom stereocenters. The fraction of sp³-hybridized carbons (Fsp3) is 0.400. The van der Waals surface area contributed by atoms with Gasteiger partial charge >= 0.3 is 0 Å². The Kier molecular flexibility index (Phi) is 5.01. The first-order valence-corrected chi connectivity index (χ1v) is 6.92. The van der Waals surface area contributed by atoms with Crippen LogP contribution in [-0.2, 0) is 6.54 Å². The molecular formula is C15H21N3O2. The molecule has 0 saturated carbocycles. The van der Waals surface area contributed by atoms with Gasteiger partial charge in [0.15, 0.2) is 0 Å². The molecule has 108 valence electrons. The van der Waals surface area contributed by atoms with Crippen molar-refractivity contribution in [1.82, 2.24) is 9.78 Å². The number of hydrogen-bond donors (Lipinski definition) is 2. The maximum Gasteiger partial charge on any atom is 0.122 e. The SMILES string of the molecule is CCCCOc1ccc(-c2cc(N)n(CCO)n2)cc1. The van der Waals surface area contributed by atoms with Gasteiger partial charge in [-0.15, -0.1) is 0 Å². The highest BCUT2D eigenvalue weighted by Gasteiger charge is 2.07. The molecule has 0 aliphatic heterocycles. The molecule has 1 aromatic carbocycles. The molecule has 1 aromatic heterocycles. The second-order valence-corrected chi connectivity index (χ2v) is 4.63. The van der Waals surface area contributed by atoms with Crippen LogP contribution in [0, 0.1) is 0 Å². The molecule has 0 aliphatic rings. The lowest BCUT2D eigenvalue weighted by atomic mass is 10.1. The van der Waals surface area contributed by atoms with E-state index in [0.29, 0.717) is 12.4 Å². The van der Waals surface area contributed by atoms with Gasteiger partial charge in [0.1, 0.15) is 11.6 Å². The second-order valence-electron chi connectivity index (χ2n) is 4.63. The third kappa shape index (κ3) is 3.51. The van der Waals surface area contributed by atoms with Crippen molar-refractivity contribution in [1.29, 1.82) is 0 Å². The first-order chi connectivity index (χ1) is 9.74. The van der Waals surface area contributed by atoms with Gasteiger partial charge in [-0.2, -0.15) is 5.10 Å². The van der Waals surface area contributed by atoms with Gasteiger partial charge < -0.3 is 15.6 Å². The topological polar surface area (TPSA) is 73.3 Å². The molecule has 0 radical (unpaired) electrons. The van der Waals surface area contributed by atoms with Crippen molar-refractivity contribution in [2.45, 2.75) is 26.3 Å². The molecule has 0 fully saturated rings. The van der Waals surface area contributed by atoms with E-state index in [-0.39, 0.29) is 6.61 Å². The highest BCUT2D eigenvalue weighted by Crippen LogP contribution is 2.23. The third-order valence-electron chi connectivity index (χ3n) is 3.04. The minimum atomic E-state index is 0.0233. The fourth-order valence-corrected chi connectivity index (χ4v) is 1.90. The third-order valence-corrected chi connectivity index (χ3v) is 3.04. The van der Waals surface area contributed by atoms with E-state index in [1.807, 2.05) is 30.3 Å². The minimum absolute atomic E-state index is 0.0233. The number of ether oxygens (including phenoxy) is 1. The highest BCUT2D eigenvalue weighted by molar-refractivity contribution is 5.63. The molecule has 2 rings (SSSR count). The number of aliphatic hydroxyl groups excluding tert-OH is 1. The molecular weight excluding hydrogens is 254 g/mol. The Bertz CT molecular complexity index is 535. The number of unbranched alkanes of at least 4 members (excludes halogenated alkanes) is 1. The van der Waals surface area contributed by atoms with Crippen LogP contribution in [0.3, 0.4) is 0 Å². The number of nitrogens with zero attached hydrogens (tertiary/aromatic N) is 2. The molecule has 0 unspecified atom stereocenters. The molecule has 0 spiro atoms. The Morgan fingerprint density at radius 2 is 2.05 bits per heavy atom. The van der Waals surface area contributed by atoms with E-state index in [1.165, 1.54) is 0 Å². The average molecular weight is 275 g/mol. The van der Waals surface area contributed by atoms with Crippen LogP contribution in [0.25, 0.3) is 11.3 Å². The Morgan fingerprint density at radius 1 is 1.30 bits per heavy atom. The van der Waals surface area contributed by atoms with Crippen molar-refractivity contribution in [2.24, 2.45) is 0 Å². The Morgan fingerprint density at radius 3 is 2.70 bits per heavy atom. The summed E-state index contributed by atoms with van der Waals surface area (Å²) in [6.45, 7) is 3.31. The largest absolute Gasteiger partial charge is 0.494 e. The molecule has 0 aliphatic carbocycles. The predicted octanol–water partition coefficient (Wildman–Crippen LogP) is 2.30. The summed E-state index contributed by atoms with van der Waals surface area (Å²) in [4.78, 5) is 0. The molecule has 3 N–H and O–H groups in total. The van der Waals surface area contributed by atoms with Crippen molar-refractivity contribution >= 4 is 5.82 Å². The Hall–Kier alpha value is -2.01. The monoisotopic (exact) mass is 275 g/mol. The number of nitrogen functional groups attached to an aromatic ring is 1. The van der Waals surface area contributed by atoms with Crippen LogP contribution in [-0.4, -0.2) is 28.1 Å². The number of hydrogen-bond acceptors (Lipinski definition) is 4. The van der Waals surface area contributed by atoms with Crippen LogP contribution in [0.5, 0.6) is 5.75 Å². The van der Waals surface area contributed by atoms with Gasteiger partial charge in [0, 0.05) is 11.6 Å². The normalized spacial score (nSPS) is 10.7. The van der Waals surface area contributed by atoms with Crippen LogP contribution in [0.4, 0.5) is 5.82 Å². The maximum atomic E-state index is 8.93. The number of anilines is 1. The minimum Gasteiger partial charge on any atom is -0.494 e. The van der Waals surface area contributed by atoms with Gasteiger partial charge in [-0.1, -0.05) is 13.3 Å². The summed E-state index contributed by atoms with van der Waals surface area (Å²) < 4.78 is 7.22. The van der Waals surface area contributed by atoms with E-state index in [4.69, 9.17) is 15.6 Å². The molecule has 0 amide bonds. The van der Waals surface area contributed by atoms with Crippen LogP contribution < -0.4 is 10.5 Å². The van der Waals surface area contributed by atoms with Gasteiger partial charge in [0.2, 0.25) is 0 Å². The van der Waals surface area contributed by atoms with Gasteiger partial charge in [-0.25, -0.2) is 4.68 Å². The molecule has 5 nitrogen and oxygen atoms in total. The smallest absolute Gasteiger partial charge is 0.122 e. The number of benzene rings is 1. The van der Waals surface area contributed by atoms with Crippen molar-refractivity contribution in [3.63, 3.8) is 0 Å². The van der Waals surface area contributed by atoms with E-state index in [0.717, 1.165) is 36.5 Å². The van der Waals surface area contributed by atoms with E-state index >= 15 is 0 Å². The number of nitrogens with two attached hydrogens (primary N) is 1. The Labute approximate surface area is 119 Å². The summed E-state index contributed by atoms with van der Waals surface area (Å²) in [5.41, 5.74) is 7.62. The number of aliphatic hydroxyl groups is 1. The fourth-order valence-electron chi connectivity index (χ4n) is 1.90. The maximum absolute atomic E-state index is 8.93. The van der Waals surface area contributed by atoms with E-state index in [2.05, 4.69) is 12.0 Å². The zero-order valence-electron chi connectivity index (χ0n) is 11.7. The average Bonchev–Trinajstić information content (AvgIpc) is 2.82. The summed E-state index contributed by atoms with van der Waals surface area (Å²) in [6, 6.07) is 9.61. The molecule has 20 heavy (non-hydrogen) atoms. The zero-order chi connectivity index (χ0) is 14.4. The van der Waals surface area contributed by atoms with Crippen LogP contribution in [0.15, 0.2) is 30.3 Å². The van der Waals surface area contributed by atoms with Crippen molar-refractivity contribution < 1.29 is 9.84 Å². The van der Waals surface area contributed by atoms with E-state index < -0.39 is 0 Å². The Balaban J connectivity index is 2.07. The standard InChI is InChI=1S/C15H21N3O2/c1-2-3-10-20-13-6-4-12(5-7-13)14-11-15(16)18(17-14)8-9-19/h4-7,11,19H,2-3,8-10,16H2,1H3. The summed E-state index contributed by atoms with van der Waals surface area (Å²) in [7, 11) is 0. The lowest BCUT2D eigenvalue weighted by Crippen LogP contribution is -2.07. The molecule has 2 aromatic rings. The molecule has 0 saturated heterocycles. The van der Waals surface area contributed by atoms with Crippen LogP contribution >= 0.6 is 0 Å². The van der Waals surface area contributed by atoms with Gasteiger partial charge in [0.05, 0.1) is 25.5 Å². The summed E-state index contributed by atoms with van der Waals surface area (Å²) in [5.74, 6) is 1.42. The lowest BCUT2D eigenvalue weighted by Gasteiger charge is -2.05. The summed E-state index contributed by atoms with van der Waals surface area (Å²) in [5, 5.41) is 13.3. The van der Waals surface area contributed by atoms with Crippen LogP contribution in [0.2, 0.25) is 0 Å². The lowest BCUT2D eigenvalue weighted by molar-refractivity contribution is 0.270. The quantitative estimate of drug-likeness (QED) is 0.760. The van der Waals surface area contributed by atoms with Crippen molar-refractivity contribution in [3.05, 3.63) is 30.3 Å². The van der Waals surface area contributed by atoms with Gasteiger partial charge in [0.25, 0.3) is 0 Å². The molecule has 1 heterocycles. The van der Waals surface area contributed by atoms with Gasteiger partial charge in [-0.3, -0.25) is 0 Å². The predicted molar refractivity (Wildman–Crippen MR) is 79.6 cm³/mol. The van der Waals surface area contributed by atoms with Gasteiger partial charge in [-0.05, 0) is 30.7 Å². The van der Waals surface area contributed by atoms with Crippen molar-refractivity contribution in [3.8, 4) is 17.0 Å². The summed E-state index contributed by atoms with van der Waals surface area (Å²) >= 11 is 0. The molecule has 5 heteroatoms. The number of rotatable bonds is 7. The molecule has 0 bridgehead atoms. The van der Waals surface area contributed by atoms with Crippen molar-refractivity contribution in [2.75, 3.05) is 18.9 Å². The van der Waals surface area contributed by atoms with E-state index in [1.54, 1.807) is 4.68 Å². The van der Waals surface area contributed by atoms with Crippen LogP contribution in [0.1, 0.15) is 19.8 Å². The number of aromatic nitrogens is 2. The highest BCUT2D eigenvalue weighted by atomic mass is 16.5.